The minimum Gasteiger partial charge on any atom is -0.657 e. The molecular weight excluding hydrogens is 682 g/mol. The van der Waals surface area contributed by atoms with E-state index in [4.69, 9.17) is 19.9 Å². The van der Waals surface area contributed by atoms with Gasteiger partial charge in [-0.15, -0.1) is 22.1 Å². The van der Waals surface area contributed by atoms with Crippen LogP contribution in [0.1, 0.15) is 28.3 Å². The van der Waals surface area contributed by atoms with E-state index >= 15 is 0 Å². The van der Waals surface area contributed by atoms with Crippen LogP contribution < -0.4 is 9.97 Å². The number of allylic oxidation sites excluding steroid dienone is 4. The fraction of sp³-hybridized carbons (Fsp3) is 0. The SMILES string of the molecule is O=C1C=CC(=O)C(c2c3nc(c(-c4ccccc4)c4ccc([n-]4)c(-c4ccccc4)c4nc(c(-c5ccccc5)c5ccc2[n-]5)C=C4)C=C3)=C1.[Zn+2]. The standard InChI is InChI=1S/C44H28N4O2.Zn/c49-30-16-25-40(50)31(26-30)44-38-23-21-36(47-38)42(28-12-6-2-7-13-28)34-19-17-32(45-34)41(27-10-4-1-5-11-27)33-18-20-35(46-33)43(29-14-8-3-9-15-29)37-22-24-39(44)48-37;/h1-26H,(H2,45,46,47,48,49,50);/q;+2/p-2. The molecule has 3 aliphatic rings. The number of hydrogen-bond donors (Lipinski definition) is 0. The van der Waals surface area contributed by atoms with Crippen LogP contribution in [-0.2, 0) is 29.1 Å². The average Bonchev–Trinajstić information content (AvgIpc) is 3.99. The quantitative estimate of drug-likeness (QED) is 0.134. The zero-order valence-electron chi connectivity index (χ0n) is 27.3. The van der Waals surface area contributed by atoms with Crippen LogP contribution in [0, 0.1) is 0 Å². The number of carbonyl (C=O) groups excluding carboxylic acids is 2. The normalized spacial score (nSPS) is 13.3. The van der Waals surface area contributed by atoms with Crippen molar-refractivity contribution in [3.8, 4) is 33.4 Å². The van der Waals surface area contributed by atoms with Crippen molar-refractivity contribution in [1.29, 1.82) is 0 Å². The zero-order valence-corrected chi connectivity index (χ0v) is 30.3. The Bertz CT molecular complexity index is 2630. The number of hydrogen-bond acceptors (Lipinski definition) is 4. The van der Waals surface area contributed by atoms with Crippen molar-refractivity contribution in [2.45, 2.75) is 0 Å². The first-order chi connectivity index (χ1) is 24.6. The smallest absolute Gasteiger partial charge is 0.657 e. The summed E-state index contributed by atoms with van der Waals surface area (Å²) < 4.78 is 0. The first-order valence-corrected chi connectivity index (χ1v) is 16.3. The predicted octanol–water partition coefficient (Wildman–Crippen LogP) is 9.00. The van der Waals surface area contributed by atoms with Crippen molar-refractivity contribution in [1.82, 2.24) is 19.9 Å². The van der Waals surface area contributed by atoms with E-state index in [-0.39, 0.29) is 36.6 Å². The van der Waals surface area contributed by atoms with E-state index in [9.17, 15) is 9.59 Å². The molecule has 3 aromatic carbocycles. The first-order valence-electron chi connectivity index (χ1n) is 16.3. The molecule has 0 spiro atoms. The molecule has 0 saturated carbocycles. The summed E-state index contributed by atoms with van der Waals surface area (Å²) in [6.45, 7) is 0. The molecule has 5 heterocycles. The van der Waals surface area contributed by atoms with Gasteiger partial charge in [0.15, 0.2) is 11.6 Å². The van der Waals surface area contributed by atoms with Crippen LogP contribution in [0.5, 0.6) is 0 Å². The third-order valence-electron chi connectivity index (χ3n) is 9.02. The van der Waals surface area contributed by atoms with Gasteiger partial charge >= 0.3 is 19.5 Å². The molecule has 9 rings (SSSR count). The molecule has 6 nitrogen and oxygen atoms in total. The maximum Gasteiger partial charge on any atom is 2.00 e. The summed E-state index contributed by atoms with van der Waals surface area (Å²) in [7, 11) is 0. The van der Waals surface area contributed by atoms with Crippen LogP contribution in [-0.4, -0.2) is 21.5 Å². The summed E-state index contributed by atoms with van der Waals surface area (Å²) in [6.07, 6.45) is 11.8. The Hall–Kier alpha value is -6.30. The van der Waals surface area contributed by atoms with Gasteiger partial charge in [-0.05, 0) is 81.5 Å². The maximum atomic E-state index is 13.4. The molecule has 6 aromatic rings. The third kappa shape index (κ3) is 5.78. The van der Waals surface area contributed by atoms with Gasteiger partial charge < -0.3 is 9.97 Å². The number of rotatable bonds is 4. The summed E-state index contributed by atoms with van der Waals surface area (Å²) in [5.41, 5.74) is 11.7. The zero-order chi connectivity index (χ0) is 33.6. The van der Waals surface area contributed by atoms with Gasteiger partial charge in [0.25, 0.3) is 0 Å². The van der Waals surface area contributed by atoms with E-state index in [0.29, 0.717) is 28.0 Å². The molecule has 0 amide bonds. The van der Waals surface area contributed by atoms with Crippen molar-refractivity contribution in [2.75, 3.05) is 0 Å². The van der Waals surface area contributed by atoms with E-state index < -0.39 is 0 Å². The largest absolute Gasteiger partial charge is 2.00 e. The molecule has 236 valence electrons. The molecule has 0 unspecified atom stereocenters. The van der Waals surface area contributed by atoms with Crippen LogP contribution in [0.2, 0.25) is 0 Å². The topological polar surface area (TPSA) is 88.1 Å². The van der Waals surface area contributed by atoms with Crippen LogP contribution in [0.25, 0.3) is 85.3 Å². The third-order valence-corrected chi connectivity index (χ3v) is 9.02. The van der Waals surface area contributed by atoms with E-state index in [0.717, 1.165) is 55.8 Å². The fourth-order valence-electron chi connectivity index (χ4n) is 6.77. The second-order valence-electron chi connectivity index (χ2n) is 12.1. The predicted molar refractivity (Wildman–Crippen MR) is 200 cm³/mol. The van der Waals surface area contributed by atoms with E-state index in [2.05, 4.69) is 12.1 Å². The Morgan fingerprint density at radius 3 is 1.14 bits per heavy atom. The number of carbonyl (C=O) groups is 2. The molecule has 0 saturated heterocycles. The molecule has 0 radical (unpaired) electrons. The summed E-state index contributed by atoms with van der Waals surface area (Å²) in [5, 5.41) is 0. The molecule has 8 bridgehead atoms. The Kier molecular flexibility index (Phi) is 8.27. The minimum atomic E-state index is -0.281. The Labute approximate surface area is 306 Å². The van der Waals surface area contributed by atoms with Gasteiger partial charge in [0, 0.05) is 5.57 Å². The van der Waals surface area contributed by atoms with Gasteiger partial charge in [0.05, 0.1) is 22.8 Å². The molecule has 7 heteroatoms. The fourth-order valence-corrected chi connectivity index (χ4v) is 6.77. The number of benzene rings is 3. The van der Waals surface area contributed by atoms with Crippen molar-refractivity contribution in [3.05, 3.63) is 162 Å². The number of ketones is 2. The second-order valence-corrected chi connectivity index (χ2v) is 12.1. The second kappa shape index (κ2) is 13.2. The van der Waals surface area contributed by atoms with Gasteiger partial charge in [0.2, 0.25) is 0 Å². The average molecular weight is 708 g/mol. The molecule has 0 fully saturated rings. The van der Waals surface area contributed by atoms with Gasteiger partial charge in [-0.1, -0.05) is 115 Å². The van der Waals surface area contributed by atoms with E-state index in [1.54, 1.807) is 0 Å². The molecule has 3 aromatic heterocycles. The maximum absolute atomic E-state index is 13.4. The molecule has 0 atom stereocenters. The van der Waals surface area contributed by atoms with Crippen molar-refractivity contribution < 1.29 is 29.1 Å². The molecule has 51 heavy (non-hydrogen) atoms. The first kappa shape index (κ1) is 31.9. The summed E-state index contributed by atoms with van der Waals surface area (Å²) in [4.78, 5) is 46.8. The Morgan fingerprint density at radius 1 is 0.392 bits per heavy atom. The number of aromatic nitrogens is 4. The minimum absolute atomic E-state index is 0. The molecule has 0 N–H and O–H groups in total. The number of nitrogens with zero attached hydrogens (tertiary/aromatic N) is 4. The Morgan fingerprint density at radius 2 is 0.745 bits per heavy atom. The van der Waals surface area contributed by atoms with Crippen LogP contribution in [0.15, 0.2) is 133 Å². The molecular formula is C44H26N4O2Zn. The summed E-state index contributed by atoms with van der Waals surface area (Å²) >= 11 is 0. The number of fused-ring (bicyclic) bond motifs is 8. The van der Waals surface area contributed by atoms with Crippen LogP contribution in [0.3, 0.4) is 0 Å². The summed E-state index contributed by atoms with van der Waals surface area (Å²) in [5.74, 6) is -0.547. The van der Waals surface area contributed by atoms with E-state index in [1.807, 2.05) is 127 Å². The van der Waals surface area contributed by atoms with Gasteiger partial charge in [-0.2, -0.15) is 0 Å². The van der Waals surface area contributed by atoms with Crippen molar-refractivity contribution >= 4 is 63.5 Å². The van der Waals surface area contributed by atoms with Crippen molar-refractivity contribution in [2.24, 2.45) is 0 Å². The molecule has 1 aliphatic carbocycles. The summed E-state index contributed by atoms with van der Waals surface area (Å²) in [6, 6.07) is 38.1. The monoisotopic (exact) mass is 706 g/mol. The van der Waals surface area contributed by atoms with Gasteiger partial charge in [0.1, 0.15) is 0 Å². The Balaban J connectivity index is 0.00000374. The van der Waals surface area contributed by atoms with E-state index in [1.165, 1.54) is 18.2 Å². The van der Waals surface area contributed by atoms with Gasteiger partial charge in [-0.25, -0.2) is 9.97 Å². The van der Waals surface area contributed by atoms with Crippen molar-refractivity contribution in [3.63, 3.8) is 0 Å². The van der Waals surface area contributed by atoms with Crippen LogP contribution >= 0.6 is 0 Å². The van der Waals surface area contributed by atoms with Gasteiger partial charge in [-0.3, -0.25) is 9.59 Å². The molecule has 2 aliphatic heterocycles. The van der Waals surface area contributed by atoms with Crippen LogP contribution in [0.4, 0.5) is 0 Å².